The standard InChI is InChI=1S/C27H30ClN5OS/c28-20-8-9-23-19(17-20)18-24(29-23)27(34)33-11-4-3-5-21(33)10-12-31-13-15-32(16-14-31)26-22-6-1-2-7-25(22)35-30-26/h1-2,6-9,17-18,21,29H,3-5,10-16H2/t21-/m1/s1. The maximum Gasteiger partial charge on any atom is 0.270 e. The van der Waals surface area contributed by atoms with Crippen LogP contribution in [0.15, 0.2) is 48.5 Å². The molecule has 1 atom stereocenters. The molecule has 0 aliphatic carbocycles. The van der Waals surface area contributed by atoms with E-state index in [9.17, 15) is 4.79 Å². The van der Waals surface area contributed by atoms with Gasteiger partial charge in [0.05, 0.1) is 4.70 Å². The van der Waals surface area contributed by atoms with Crippen LogP contribution in [0.4, 0.5) is 5.82 Å². The molecule has 35 heavy (non-hydrogen) atoms. The van der Waals surface area contributed by atoms with Crippen LogP contribution in [0, 0.1) is 0 Å². The van der Waals surface area contributed by atoms with E-state index in [0.29, 0.717) is 16.8 Å². The van der Waals surface area contributed by atoms with E-state index in [1.54, 1.807) is 11.5 Å². The van der Waals surface area contributed by atoms with E-state index in [0.717, 1.165) is 75.3 Å². The smallest absolute Gasteiger partial charge is 0.270 e. The summed E-state index contributed by atoms with van der Waals surface area (Å²) in [4.78, 5) is 23.8. The molecule has 0 spiro atoms. The number of nitrogens with zero attached hydrogens (tertiary/aromatic N) is 4. The van der Waals surface area contributed by atoms with Crippen molar-refractivity contribution in [2.45, 2.75) is 31.7 Å². The normalized spacial score (nSPS) is 19.6. The molecule has 4 heterocycles. The zero-order valence-electron chi connectivity index (χ0n) is 19.8. The lowest BCUT2D eigenvalue weighted by Gasteiger charge is -2.39. The number of rotatable bonds is 5. The van der Waals surface area contributed by atoms with Crippen molar-refractivity contribution in [1.82, 2.24) is 19.2 Å². The summed E-state index contributed by atoms with van der Waals surface area (Å²) in [6.45, 7) is 5.94. The maximum atomic E-state index is 13.4. The summed E-state index contributed by atoms with van der Waals surface area (Å²) in [5.41, 5.74) is 1.62. The summed E-state index contributed by atoms with van der Waals surface area (Å²) < 4.78 is 5.99. The summed E-state index contributed by atoms with van der Waals surface area (Å²) in [6.07, 6.45) is 4.38. The molecule has 0 radical (unpaired) electrons. The highest BCUT2D eigenvalue weighted by molar-refractivity contribution is 7.13. The fourth-order valence-corrected chi connectivity index (χ4v) is 6.53. The quantitative estimate of drug-likeness (QED) is 0.380. The Morgan fingerprint density at radius 1 is 1.06 bits per heavy atom. The Hall–Kier alpha value is -2.61. The Morgan fingerprint density at radius 2 is 1.91 bits per heavy atom. The summed E-state index contributed by atoms with van der Waals surface area (Å²) in [6, 6.07) is 16.4. The molecule has 6 rings (SSSR count). The van der Waals surface area contributed by atoms with Crippen LogP contribution in [0.3, 0.4) is 0 Å². The SMILES string of the molecule is O=C(c1cc2cc(Cl)ccc2[nH]1)N1CCCC[C@@H]1CCN1CCN(c2nsc3ccccc23)CC1. The average molecular weight is 508 g/mol. The van der Waals surface area contributed by atoms with Gasteiger partial charge < -0.3 is 14.8 Å². The number of aromatic amines is 1. The number of likely N-dealkylation sites (tertiary alicyclic amines) is 1. The molecule has 2 saturated heterocycles. The van der Waals surface area contributed by atoms with Crippen LogP contribution in [-0.2, 0) is 0 Å². The van der Waals surface area contributed by atoms with Gasteiger partial charge in [0.2, 0.25) is 0 Å². The molecule has 1 N–H and O–H groups in total. The molecule has 6 nitrogen and oxygen atoms in total. The highest BCUT2D eigenvalue weighted by Crippen LogP contribution is 2.30. The number of hydrogen-bond acceptors (Lipinski definition) is 5. The Bertz CT molecular complexity index is 1340. The van der Waals surface area contributed by atoms with Gasteiger partial charge in [-0.15, -0.1) is 0 Å². The van der Waals surface area contributed by atoms with Gasteiger partial charge in [0.1, 0.15) is 11.5 Å². The zero-order valence-corrected chi connectivity index (χ0v) is 21.3. The Labute approximate surface area is 214 Å². The lowest BCUT2D eigenvalue weighted by molar-refractivity contribution is 0.0577. The third-order valence-corrected chi connectivity index (χ3v) is 8.56. The van der Waals surface area contributed by atoms with Crippen molar-refractivity contribution in [1.29, 1.82) is 0 Å². The number of piperazine rings is 1. The number of H-pyrrole nitrogens is 1. The first-order valence-corrected chi connectivity index (χ1v) is 13.7. The largest absolute Gasteiger partial charge is 0.353 e. The van der Waals surface area contributed by atoms with E-state index >= 15 is 0 Å². The van der Waals surface area contributed by atoms with E-state index in [4.69, 9.17) is 16.0 Å². The number of fused-ring (bicyclic) bond motifs is 2. The van der Waals surface area contributed by atoms with Crippen molar-refractivity contribution in [3.63, 3.8) is 0 Å². The highest BCUT2D eigenvalue weighted by Gasteiger charge is 2.29. The van der Waals surface area contributed by atoms with Gasteiger partial charge >= 0.3 is 0 Å². The van der Waals surface area contributed by atoms with E-state index < -0.39 is 0 Å². The molecule has 1 amide bonds. The molecule has 2 aromatic carbocycles. The first kappa shape index (κ1) is 22.8. The molecule has 0 unspecified atom stereocenters. The first-order valence-electron chi connectivity index (χ1n) is 12.6. The zero-order chi connectivity index (χ0) is 23.8. The van der Waals surface area contributed by atoms with Gasteiger partial charge in [0.25, 0.3) is 5.91 Å². The number of amides is 1. The second kappa shape index (κ2) is 9.80. The van der Waals surface area contributed by atoms with Crippen molar-refractivity contribution in [2.75, 3.05) is 44.2 Å². The van der Waals surface area contributed by atoms with Crippen LogP contribution in [0.1, 0.15) is 36.2 Å². The summed E-state index contributed by atoms with van der Waals surface area (Å²) in [7, 11) is 0. The molecule has 2 fully saturated rings. The van der Waals surface area contributed by atoms with Crippen LogP contribution in [0.2, 0.25) is 5.02 Å². The summed E-state index contributed by atoms with van der Waals surface area (Å²) >= 11 is 7.73. The number of piperidine rings is 1. The number of carbonyl (C=O) groups excluding carboxylic acids is 1. The van der Waals surface area contributed by atoms with Crippen molar-refractivity contribution in [3.8, 4) is 0 Å². The topological polar surface area (TPSA) is 55.5 Å². The minimum Gasteiger partial charge on any atom is -0.353 e. The lowest BCUT2D eigenvalue weighted by atomic mass is 9.98. The Kier molecular flexibility index (Phi) is 6.39. The number of halogens is 1. The van der Waals surface area contributed by atoms with Crippen molar-refractivity contribution in [3.05, 3.63) is 59.2 Å². The van der Waals surface area contributed by atoms with E-state index in [1.807, 2.05) is 24.3 Å². The van der Waals surface area contributed by atoms with Gasteiger partial charge in [-0.1, -0.05) is 23.7 Å². The monoisotopic (exact) mass is 507 g/mol. The fourth-order valence-electron chi connectivity index (χ4n) is 5.56. The highest BCUT2D eigenvalue weighted by atomic mass is 35.5. The third kappa shape index (κ3) is 4.65. The predicted molar refractivity (Wildman–Crippen MR) is 145 cm³/mol. The number of benzene rings is 2. The Balaban J connectivity index is 1.07. The number of aromatic nitrogens is 2. The summed E-state index contributed by atoms with van der Waals surface area (Å²) in [5, 5.41) is 2.94. The van der Waals surface area contributed by atoms with E-state index in [2.05, 4.69) is 43.9 Å². The van der Waals surface area contributed by atoms with Gasteiger partial charge in [-0.3, -0.25) is 9.69 Å². The number of nitrogens with one attached hydrogen (secondary N) is 1. The van der Waals surface area contributed by atoms with Crippen molar-refractivity contribution in [2.24, 2.45) is 0 Å². The molecule has 182 valence electrons. The molecule has 4 aromatic rings. The minimum absolute atomic E-state index is 0.113. The second-order valence-electron chi connectivity index (χ2n) is 9.68. The van der Waals surface area contributed by atoms with Crippen LogP contribution >= 0.6 is 23.1 Å². The molecule has 2 aliphatic heterocycles. The van der Waals surface area contributed by atoms with Crippen molar-refractivity contribution < 1.29 is 4.79 Å². The Morgan fingerprint density at radius 3 is 2.80 bits per heavy atom. The molecule has 2 aromatic heterocycles. The first-order chi connectivity index (χ1) is 17.2. The van der Waals surface area contributed by atoms with E-state index in [1.165, 1.54) is 16.5 Å². The van der Waals surface area contributed by atoms with Gasteiger partial charge in [-0.2, -0.15) is 4.37 Å². The molecule has 0 saturated carbocycles. The number of anilines is 1. The molecular weight excluding hydrogens is 478 g/mol. The lowest BCUT2D eigenvalue weighted by Crippen LogP contribution is -2.49. The summed E-state index contributed by atoms with van der Waals surface area (Å²) in [5.74, 6) is 1.25. The predicted octanol–water partition coefficient (Wildman–Crippen LogP) is 5.64. The molecule has 8 heteroatoms. The van der Waals surface area contributed by atoms with Crippen LogP contribution < -0.4 is 4.90 Å². The van der Waals surface area contributed by atoms with Crippen LogP contribution in [-0.4, -0.2) is 70.4 Å². The second-order valence-corrected chi connectivity index (χ2v) is 10.9. The van der Waals surface area contributed by atoms with Gasteiger partial charge in [0, 0.05) is 66.6 Å². The number of carbonyl (C=O) groups is 1. The van der Waals surface area contributed by atoms with E-state index in [-0.39, 0.29) is 5.91 Å². The van der Waals surface area contributed by atoms with Gasteiger partial charge in [-0.25, -0.2) is 0 Å². The van der Waals surface area contributed by atoms with Crippen molar-refractivity contribution >= 4 is 55.8 Å². The third-order valence-electron chi connectivity index (χ3n) is 7.51. The number of hydrogen-bond donors (Lipinski definition) is 1. The average Bonchev–Trinajstić information content (AvgIpc) is 3.52. The van der Waals surface area contributed by atoms with Crippen LogP contribution in [0.5, 0.6) is 0 Å². The van der Waals surface area contributed by atoms with Gasteiger partial charge in [-0.05, 0) is 73.6 Å². The van der Waals surface area contributed by atoms with Gasteiger partial charge in [0.15, 0.2) is 0 Å². The molecule has 2 aliphatic rings. The fraction of sp³-hybridized carbons (Fsp3) is 0.407. The maximum absolute atomic E-state index is 13.4. The molecular formula is C27H30ClN5OS. The van der Waals surface area contributed by atoms with Crippen LogP contribution in [0.25, 0.3) is 21.0 Å². The molecule has 0 bridgehead atoms. The minimum atomic E-state index is 0.113.